The van der Waals surface area contributed by atoms with Crippen molar-refractivity contribution in [3.8, 4) is 6.07 Å². The Hall–Kier alpha value is -1.47. The van der Waals surface area contributed by atoms with Gasteiger partial charge in [-0.25, -0.2) is 0 Å². The molecule has 0 spiro atoms. The third-order valence-electron chi connectivity index (χ3n) is 3.33. The zero-order chi connectivity index (χ0) is 13.7. The first-order valence-corrected chi connectivity index (χ1v) is 7.51. The maximum absolute atomic E-state index is 10.9. The van der Waals surface area contributed by atoms with Crippen LogP contribution in [0.1, 0.15) is 32.6 Å². The number of thioether (sulfide) groups is 1. The molecule has 1 fully saturated rings. The van der Waals surface area contributed by atoms with E-state index in [0.717, 1.165) is 18.5 Å². The maximum atomic E-state index is 10.9. The second-order valence-corrected chi connectivity index (χ2v) is 6.19. The van der Waals surface area contributed by atoms with Gasteiger partial charge in [-0.05, 0) is 37.1 Å². The molecule has 0 heterocycles. The lowest BCUT2D eigenvalue weighted by molar-refractivity contribution is -0.114. The molecule has 0 aromatic heterocycles. The van der Waals surface area contributed by atoms with E-state index < -0.39 is 0 Å². The molecule has 1 N–H and O–H groups in total. The summed E-state index contributed by atoms with van der Waals surface area (Å²) in [6.07, 6.45) is 4.55. The molecular formula is C15H18N2OS. The first-order chi connectivity index (χ1) is 9.19. The highest BCUT2D eigenvalue weighted by atomic mass is 32.2. The van der Waals surface area contributed by atoms with E-state index in [-0.39, 0.29) is 11.8 Å². The average Bonchev–Trinajstić information content (AvgIpc) is 2.41. The molecule has 1 saturated carbocycles. The van der Waals surface area contributed by atoms with E-state index in [4.69, 9.17) is 0 Å². The lowest BCUT2D eigenvalue weighted by Gasteiger charge is -2.26. The van der Waals surface area contributed by atoms with Crippen LogP contribution in [-0.4, -0.2) is 11.2 Å². The number of anilines is 1. The lowest BCUT2D eigenvalue weighted by Crippen LogP contribution is -2.20. The zero-order valence-electron chi connectivity index (χ0n) is 11.1. The van der Waals surface area contributed by atoms with E-state index in [1.54, 1.807) is 11.8 Å². The van der Waals surface area contributed by atoms with Crippen molar-refractivity contribution in [2.75, 3.05) is 5.32 Å². The third-order valence-corrected chi connectivity index (χ3v) is 4.74. The predicted octanol–water partition coefficient (Wildman–Crippen LogP) is 3.82. The van der Waals surface area contributed by atoms with Crippen molar-refractivity contribution in [3.63, 3.8) is 0 Å². The summed E-state index contributed by atoms with van der Waals surface area (Å²) in [5.41, 5.74) is 0.817. The van der Waals surface area contributed by atoms with Crippen LogP contribution in [0.15, 0.2) is 29.2 Å². The number of carbonyl (C=O) groups is 1. The van der Waals surface area contributed by atoms with Crippen molar-refractivity contribution >= 4 is 23.4 Å². The molecule has 100 valence electrons. The summed E-state index contributed by atoms with van der Waals surface area (Å²) in [6, 6.07) is 10.3. The van der Waals surface area contributed by atoms with Gasteiger partial charge in [0.2, 0.25) is 5.91 Å². The number of hydrogen-bond acceptors (Lipinski definition) is 3. The van der Waals surface area contributed by atoms with Crippen molar-refractivity contribution in [3.05, 3.63) is 24.3 Å². The Morgan fingerprint density at radius 3 is 2.63 bits per heavy atom. The number of hydrogen-bond donors (Lipinski definition) is 1. The van der Waals surface area contributed by atoms with Crippen LogP contribution in [-0.2, 0) is 4.79 Å². The standard InChI is InChI=1S/C15H18N2OS/c1-11(18)17-13-6-8-14(9-7-13)19-15-5-3-2-4-12(15)10-16/h6-9,12,15H,2-5H2,1H3,(H,17,18). The van der Waals surface area contributed by atoms with E-state index in [1.165, 1.54) is 24.7 Å². The second kappa shape index (κ2) is 6.63. The topological polar surface area (TPSA) is 52.9 Å². The fraction of sp³-hybridized carbons (Fsp3) is 0.467. The highest BCUT2D eigenvalue weighted by molar-refractivity contribution is 8.00. The molecule has 1 aliphatic carbocycles. The fourth-order valence-electron chi connectivity index (χ4n) is 2.38. The molecule has 1 aromatic carbocycles. The van der Waals surface area contributed by atoms with Gasteiger partial charge >= 0.3 is 0 Å². The van der Waals surface area contributed by atoms with Gasteiger partial charge in [0.25, 0.3) is 0 Å². The van der Waals surface area contributed by atoms with Crippen molar-refractivity contribution < 1.29 is 4.79 Å². The summed E-state index contributed by atoms with van der Waals surface area (Å²) in [5.74, 6) is 0.117. The van der Waals surface area contributed by atoms with Crippen LogP contribution in [0, 0.1) is 17.2 Å². The Bertz CT molecular complexity index is 478. The molecule has 4 heteroatoms. The van der Waals surface area contributed by atoms with Gasteiger partial charge in [-0.3, -0.25) is 4.79 Å². The van der Waals surface area contributed by atoms with Gasteiger partial charge in [-0.1, -0.05) is 12.8 Å². The van der Waals surface area contributed by atoms with Crippen LogP contribution in [0.25, 0.3) is 0 Å². The SMILES string of the molecule is CC(=O)Nc1ccc(SC2CCCCC2C#N)cc1. The smallest absolute Gasteiger partial charge is 0.221 e. The van der Waals surface area contributed by atoms with E-state index in [9.17, 15) is 10.1 Å². The van der Waals surface area contributed by atoms with Crippen LogP contribution in [0.5, 0.6) is 0 Å². The van der Waals surface area contributed by atoms with Crippen LogP contribution < -0.4 is 5.32 Å². The van der Waals surface area contributed by atoms with E-state index in [0.29, 0.717) is 5.25 Å². The van der Waals surface area contributed by atoms with Crippen LogP contribution in [0.2, 0.25) is 0 Å². The Morgan fingerprint density at radius 1 is 1.32 bits per heavy atom. The minimum Gasteiger partial charge on any atom is -0.326 e. The molecule has 1 aliphatic rings. The van der Waals surface area contributed by atoms with E-state index in [1.807, 2.05) is 24.3 Å². The summed E-state index contributed by atoms with van der Waals surface area (Å²) in [6.45, 7) is 1.50. The molecule has 2 rings (SSSR count). The quantitative estimate of drug-likeness (QED) is 0.911. The summed E-state index contributed by atoms with van der Waals surface area (Å²) < 4.78 is 0. The minimum absolute atomic E-state index is 0.0581. The molecule has 0 radical (unpaired) electrons. The minimum atomic E-state index is -0.0581. The summed E-state index contributed by atoms with van der Waals surface area (Å²) in [4.78, 5) is 12.1. The molecule has 3 nitrogen and oxygen atoms in total. The van der Waals surface area contributed by atoms with E-state index >= 15 is 0 Å². The van der Waals surface area contributed by atoms with Gasteiger partial charge in [-0.15, -0.1) is 11.8 Å². The largest absolute Gasteiger partial charge is 0.326 e. The third kappa shape index (κ3) is 4.00. The van der Waals surface area contributed by atoms with Gasteiger partial charge in [0, 0.05) is 22.8 Å². The molecule has 19 heavy (non-hydrogen) atoms. The predicted molar refractivity (Wildman–Crippen MR) is 78.0 cm³/mol. The molecule has 0 saturated heterocycles. The number of carbonyl (C=O) groups excluding carboxylic acids is 1. The molecule has 2 unspecified atom stereocenters. The Balaban J connectivity index is 1.98. The molecular weight excluding hydrogens is 256 g/mol. The number of nitrogens with zero attached hydrogens (tertiary/aromatic N) is 1. The number of benzene rings is 1. The molecule has 0 aliphatic heterocycles. The van der Waals surface area contributed by atoms with Crippen LogP contribution >= 0.6 is 11.8 Å². The highest BCUT2D eigenvalue weighted by Gasteiger charge is 2.25. The Labute approximate surface area is 118 Å². The first-order valence-electron chi connectivity index (χ1n) is 6.63. The lowest BCUT2D eigenvalue weighted by atomic mass is 9.90. The van der Waals surface area contributed by atoms with Crippen molar-refractivity contribution in [2.24, 2.45) is 5.92 Å². The number of amides is 1. The molecule has 1 aromatic rings. The van der Waals surface area contributed by atoms with Gasteiger partial charge < -0.3 is 5.32 Å². The maximum Gasteiger partial charge on any atom is 0.221 e. The van der Waals surface area contributed by atoms with Crippen LogP contribution in [0.3, 0.4) is 0 Å². The van der Waals surface area contributed by atoms with Crippen molar-refractivity contribution in [2.45, 2.75) is 42.8 Å². The molecule has 0 bridgehead atoms. The van der Waals surface area contributed by atoms with Crippen molar-refractivity contribution in [1.29, 1.82) is 5.26 Å². The van der Waals surface area contributed by atoms with Gasteiger partial charge in [-0.2, -0.15) is 5.26 Å². The monoisotopic (exact) mass is 274 g/mol. The number of rotatable bonds is 3. The van der Waals surface area contributed by atoms with E-state index in [2.05, 4.69) is 11.4 Å². The summed E-state index contributed by atoms with van der Waals surface area (Å²) in [5, 5.41) is 12.3. The van der Waals surface area contributed by atoms with Gasteiger partial charge in [0.15, 0.2) is 0 Å². The molecule has 2 atom stereocenters. The average molecular weight is 274 g/mol. The fourth-order valence-corrected chi connectivity index (χ4v) is 3.67. The normalized spacial score (nSPS) is 22.5. The number of nitrogens with one attached hydrogen (secondary N) is 1. The summed E-state index contributed by atoms with van der Waals surface area (Å²) >= 11 is 1.79. The van der Waals surface area contributed by atoms with Crippen LogP contribution in [0.4, 0.5) is 5.69 Å². The first kappa shape index (κ1) is 14.0. The number of nitriles is 1. The summed E-state index contributed by atoms with van der Waals surface area (Å²) in [7, 11) is 0. The van der Waals surface area contributed by atoms with Crippen molar-refractivity contribution in [1.82, 2.24) is 0 Å². The Kier molecular flexibility index (Phi) is 4.86. The second-order valence-electron chi connectivity index (χ2n) is 4.88. The van der Waals surface area contributed by atoms with Gasteiger partial charge in [0.05, 0.1) is 12.0 Å². The zero-order valence-corrected chi connectivity index (χ0v) is 11.9. The molecule has 1 amide bonds. The Morgan fingerprint density at radius 2 is 2.00 bits per heavy atom. The van der Waals surface area contributed by atoms with Gasteiger partial charge in [0.1, 0.15) is 0 Å². The highest BCUT2D eigenvalue weighted by Crippen LogP contribution is 2.37.